The summed E-state index contributed by atoms with van der Waals surface area (Å²) in [6.07, 6.45) is 0. The van der Waals surface area contributed by atoms with Gasteiger partial charge in [-0.1, -0.05) is 6.07 Å². The van der Waals surface area contributed by atoms with Crippen LogP contribution < -0.4 is 20.7 Å². The third kappa shape index (κ3) is 4.14. The molecular weight excluding hydrogens is 272 g/mol. The Kier molecular flexibility index (Phi) is 4.39. The van der Waals surface area contributed by atoms with Crippen molar-refractivity contribution in [3.8, 4) is 5.75 Å². The first-order valence-electron chi connectivity index (χ1n) is 4.43. The molecule has 0 radical (unpaired) electrons. The number of carbonyl (C=O) groups is 1. The zero-order chi connectivity index (χ0) is 13.8. The quantitative estimate of drug-likeness (QED) is 0.667. The second-order valence-corrected chi connectivity index (χ2v) is 4.63. The molecule has 1 aromatic carbocycles. The number of amides is 2. The highest BCUT2D eigenvalue weighted by molar-refractivity contribution is 7.89. The Morgan fingerprint density at radius 2 is 2.06 bits per heavy atom. The van der Waals surface area contributed by atoms with E-state index in [1.165, 1.54) is 6.07 Å². The second-order valence-electron chi connectivity index (χ2n) is 2.95. The summed E-state index contributed by atoms with van der Waals surface area (Å²) < 4.78 is 51.0. The number of benzene rings is 1. The molecule has 0 heterocycles. The van der Waals surface area contributed by atoms with E-state index in [1.54, 1.807) is 10.3 Å². The van der Waals surface area contributed by atoms with E-state index in [1.807, 2.05) is 0 Å². The van der Waals surface area contributed by atoms with Crippen LogP contribution in [0.25, 0.3) is 0 Å². The fourth-order valence-corrected chi connectivity index (χ4v) is 1.88. The average molecular weight is 281 g/mol. The molecule has 18 heavy (non-hydrogen) atoms. The molecule has 1 aromatic rings. The Morgan fingerprint density at radius 1 is 1.39 bits per heavy atom. The summed E-state index contributed by atoms with van der Waals surface area (Å²) in [6.45, 7) is -3.07. The van der Waals surface area contributed by atoms with Crippen molar-refractivity contribution in [3.05, 3.63) is 24.3 Å². The average Bonchev–Trinajstić information content (AvgIpc) is 2.26. The van der Waals surface area contributed by atoms with Crippen molar-refractivity contribution in [2.24, 2.45) is 5.73 Å². The van der Waals surface area contributed by atoms with Gasteiger partial charge in [-0.3, -0.25) is 5.43 Å². The summed E-state index contributed by atoms with van der Waals surface area (Å²) in [5.41, 5.74) is 6.33. The normalized spacial score (nSPS) is 11.3. The molecule has 100 valence electrons. The standard InChI is InChI=1S/C8H9F2N3O4S/c9-7(10)17-5-2-1-3-6(4-5)18(15,16)13-12-8(11)14/h1-4,7,13H,(H3,11,12,14). The minimum Gasteiger partial charge on any atom is -0.435 e. The highest BCUT2D eigenvalue weighted by Gasteiger charge is 2.16. The second kappa shape index (κ2) is 5.60. The molecule has 0 aromatic heterocycles. The summed E-state index contributed by atoms with van der Waals surface area (Å²) in [6, 6.07) is 3.25. The highest BCUT2D eigenvalue weighted by atomic mass is 32.2. The van der Waals surface area contributed by atoms with Gasteiger partial charge >= 0.3 is 12.6 Å². The number of sulfonamides is 1. The molecule has 7 nitrogen and oxygen atoms in total. The van der Waals surface area contributed by atoms with Gasteiger partial charge in [0.1, 0.15) is 5.75 Å². The van der Waals surface area contributed by atoms with Crippen molar-refractivity contribution in [1.82, 2.24) is 10.3 Å². The summed E-state index contributed by atoms with van der Waals surface area (Å²) in [4.78, 5) is 11.6. The zero-order valence-corrected chi connectivity index (χ0v) is 9.58. The third-order valence-electron chi connectivity index (χ3n) is 1.65. The van der Waals surface area contributed by atoms with Crippen LogP contribution in [0, 0.1) is 0 Å². The Balaban J connectivity index is 2.91. The number of carbonyl (C=O) groups excluding carboxylic acids is 1. The molecule has 0 bridgehead atoms. The van der Waals surface area contributed by atoms with E-state index in [2.05, 4.69) is 10.5 Å². The van der Waals surface area contributed by atoms with Gasteiger partial charge in [0.2, 0.25) is 0 Å². The van der Waals surface area contributed by atoms with Crippen molar-refractivity contribution in [2.75, 3.05) is 0 Å². The molecule has 0 saturated heterocycles. The molecule has 0 spiro atoms. The fraction of sp³-hybridized carbons (Fsp3) is 0.125. The first kappa shape index (κ1) is 14.1. The van der Waals surface area contributed by atoms with E-state index < -0.39 is 22.7 Å². The largest absolute Gasteiger partial charge is 0.435 e. The van der Waals surface area contributed by atoms with Crippen LogP contribution in [0.3, 0.4) is 0 Å². The van der Waals surface area contributed by atoms with E-state index in [0.29, 0.717) is 0 Å². The van der Waals surface area contributed by atoms with Crippen LogP contribution in [0.15, 0.2) is 29.2 Å². The molecule has 0 saturated carbocycles. The zero-order valence-electron chi connectivity index (χ0n) is 8.76. The summed E-state index contributed by atoms with van der Waals surface area (Å²) in [5, 5.41) is 0. The fourth-order valence-electron chi connectivity index (χ4n) is 0.994. The molecule has 0 atom stereocenters. The van der Waals surface area contributed by atoms with Gasteiger partial charge in [0.05, 0.1) is 4.90 Å². The van der Waals surface area contributed by atoms with Crippen LogP contribution >= 0.6 is 0 Å². The smallest absolute Gasteiger partial charge is 0.387 e. The van der Waals surface area contributed by atoms with Gasteiger partial charge in [0, 0.05) is 6.07 Å². The van der Waals surface area contributed by atoms with Crippen molar-refractivity contribution in [3.63, 3.8) is 0 Å². The van der Waals surface area contributed by atoms with Gasteiger partial charge < -0.3 is 10.5 Å². The van der Waals surface area contributed by atoms with Crippen molar-refractivity contribution in [2.45, 2.75) is 11.5 Å². The summed E-state index contributed by atoms with van der Waals surface area (Å²) in [5.74, 6) is -0.327. The molecule has 0 aliphatic carbocycles. The Labute approximate surface area is 101 Å². The minimum atomic E-state index is -4.10. The van der Waals surface area contributed by atoms with Crippen LogP contribution in [0.2, 0.25) is 0 Å². The van der Waals surface area contributed by atoms with Crippen molar-refractivity contribution >= 4 is 16.1 Å². The van der Waals surface area contributed by atoms with Crippen LogP contribution in [0.4, 0.5) is 13.6 Å². The van der Waals surface area contributed by atoms with E-state index in [0.717, 1.165) is 18.2 Å². The molecule has 10 heteroatoms. The maximum absolute atomic E-state index is 11.9. The van der Waals surface area contributed by atoms with Gasteiger partial charge in [0.15, 0.2) is 0 Å². The predicted octanol–water partition coefficient (Wildman–Crippen LogP) is 0.150. The van der Waals surface area contributed by atoms with Crippen LogP contribution in [-0.2, 0) is 10.0 Å². The van der Waals surface area contributed by atoms with Crippen LogP contribution in [0.1, 0.15) is 0 Å². The van der Waals surface area contributed by atoms with Crippen molar-refractivity contribution < 1.29 is 26.7 Å². The Bertz CT molecular complexity index is 535. The van der Waals surface area contributed by atoms with Crippen LogP contribution in [-0.4, -0.2) is 21.1 Å². The Morgan fingerprint density at radius 3 is 2.61 bits per heavy atom. The number of alkyl halides is 2. The number of urea groups is 1. The van der Waals surface area contributed by atoms with Crippen molar-refractivity contribution in [1.29, 1.82) is 0 Å². The van der Waals surface area contributed by atoms with Gasteiger partial charge in [-0.15, -0.1) is 4.83 Å². The summed E-state index contributed by atoms with van der Waals surface area (Å²) in [7, 11) is -4.10. The Hall–Kier alpha value is -1.94. The monoisotopic (exact) mass is 281 g/mol. The molecule has 2 amide bonds. The molecule has 0 aliphatic rings. The molecule has 0 fully saturated rings. The number of rotatable bonds is 5. The number of hydrogen-bond acceptors (Lipinski definition) is 4. The number of primary amides is 1. The predicted molar refractivity (Wildman–Crippen MR) is 56.1 cm³/mol. The number of nitrogens with two attached hydrogens (primary N) is 1. The molecule has 0 unspecified atom stereocenters. The first-order chi connectivity index (χ1) is 8.31. The van der Waals surface area contributed by atoms with Gasteiger partial charge in [-0.2, -0.15) is 8.78 Å². The lowest BCUT2D eigenvalue weighted by Gasteiger charge is -2.08. The number of ether oxygens (including phenoxy) is 1. The molecule has 4 N–H and O–H groups in total. The SMILES string of the molecule is NC(=O)NNS(=O)(=O)c1cccc(OC(F)F)c1. The third-order valence-corrected chi connectivity index (χ3v) is 2.89. The minimum absolute atomic E-state index is 0.327. The topological polar surface area (TPSA) is 111 Å². The number of hydrazine groups is 1. The lowest BCUT2D eigenvalue weighted by Crippen LogP contribution is -2.44. The maximum Gasteiger partial charge on any atom is 0.387 e. The maximum atomic E-state index is 11.9. The number of hydrogen-bond donors (Lipinski definition) is 3. The highest BCUT2D eigenvalue weighted by Crippen LogP contribution is 2.18. The van der Waals surface area contributed by atoms with Gasteiger partial charge in [-0.25, -0.2) is 13.2 Å². The number of nitrogens with one attached hydrogen (secondary N) is 2. The lowest BCUT2D eigenvalue weighted by molar-refractivity contribution is -0.0499. The molecule has 1 rings (SSSR count). The molecular formula is C8H9F2N3O4S. The van der Waals surface area contributed by atoms with E-state index in [9.17, 15) is 22.0 Å². The lowest BCUT2D eigenvalue weighted by atomic mass is 10.3. The number of halogens is 2. The first-order valence-corrected chi connectivity index (χ1v) is 5.92. The van der Waals surface area contributed by atoms with E-state index in [4.69, 9.17) is 0 Å². The van der Waals surface area contributed by atoms with E-state index in [-0.39, 0.29) is 10.6 Å². The van der Waals surface area contributed by atoms with E-state index >= 15 is 0 Å². The summed E-state index contributed by atoms with van der Waals surface area (Å²) >= 11 is 0. The van der Waals surface area contributed by atoms with Crippen LogP contribution in [0.5, 0.6) is 5.75 Å². The van der Waals surface area contributed by atoms with Gasteiger partial charge in [0.25, 0.3) is 10.0 Å². The molecule has 0 aliphatic heterocycles. The van der Waals surface area contributed by atoms with Gasteiger partial charge in [-0.05, 0) is 12.1 Å².